The number of carbonyl (C=O) groups excluding carboxylic acids is 1. The fraction of sp³-hybridized carbons (Fsp3) is 0.267. The normalized spacial score (nSPS) is 10.2. The van der Waals surface area contributed by atoms with Gasteiger partial charge in [0.2, 0.25) is 0 Å². The minimum atomic E-state index is -0.270. The molecule has 0 fully saturated rings. The predicted molar refractivity (Wildman–Crippen MR) is 74.2 cm³/mol. The average Bonchev–Trinajstić information content (AvgIpc) is 2.89. The van der Waals surface area contributed by atoms with Gasteiger partial charge in [-0.2, -0.15) is 0 Å². The van der Waals surface area contributed by atoms with E-state index in [9.17, 15) is 4.79 Å². The lowest BCUT2D eigenvalue weighted by Gasteiger charge is -2.12. The summed E-state index contributed by atoms with van der Waals surface area (Å²) in [5, 5.41) is 2.79. The first-order valence-electron chi connectivity index (χ1n) is 6.20. The zero-order valence-electron chi connectivity index (χ0n) is 11.7. The van der Waals surface area contributed by atoms with Crippen molar-refractivity contribution in [2.45, 2.75) is 13.5 Å². The summed E-state index contributed by atoms with van der Waals surface area (Å²) in [6.45, 7) is 2.17. The number of amides is 1. The summed E-state index contributed by atoms with van der Waals surface area (Å²) in [7, 11) is 3.03. The van der Waals surface area contributed by atoms with Gasteiger partial charge in [0.1, 0.15) is 28.6 Å². The van der Waals surface area contributed by atoms with E-state index in [0.29, 0.717) is 29.4 Å². The van der Waals surface area contributed by atoms with Gasteiger partial charge in [-0.25, -0.2) is 0 Å². The highest BCUT2D eigenvalue weighted by Crippen LogP contribution is 2.28. The smallest absolute Gasteiger partial charge is 0.259 e. The van der Waals surface area contributed by atoms with E-state index >= 15 is 0 Å². The first-order valence-corrected chi connectivity index (χ1v) is 6.20. The van der Waals surface area contributed by atoms with Crippen molar-refractivity contribution < 1.29 is 18.7 Å². The van der Waals surface area contributed by atoms with Crippen LogP contribution in [0, 0.1) is 6.92 Å². The van der Waals surface area contributed by atoms with E-state index in [1.165, 1.54) is 14.2 Å². The van der Waals surface area contributed by atoms with Gasteiger partial charge in [0.25, 0.3) is 5.91 Å². The molecule has 0 aliphatic carbocycles. The quantitative estimate of drug-likeness (QED) is 0.911. The van der Waals surface area contributed by atoms with Crippen LogP contribution in [-0.4, -0.2) is 20.1 Å². The Bertz CT molecular complexity index is 581. The lowest BCUT2D eigenvalue weighted by molar-refractivity contribution is 0.0941. The Labute approximate surface area is 117 Å². The first kappa shape index (κ1) is 14.0. The highest BCUT2D eigenvalue weighted by Gasteiger charge is 2.18. The van der Waals surface area contributed by atoms with Crippen molar-refractivity contribution in [1.82, 2.24) is 5.32 Å². The van der Waals surface area contributed by atoms with E-state index in [0.717, 1.165) is 5.76 Å². The number of nitrogens with one attached hydrogen (secondary N) is 1. The van der Waals surface area contributed by atoms with Gasteiger partial charge in [-0.15, -0.1) is 0 Å². The Morgan fingerprint density at radius 3 is 2.30 bits per heavy atom. The van der Waals surface area contributed by atoms with E-state index in [1.54, 1.807) is 18.2 Å². The molecule has 1 aromatic carbocycles. The number of hydrogen-bond acceptors (Lipinski definition) is 4. The van der Waals surface area contributed by atoms with Crippen LogP contribution >= 0.6 is 0 Å². The molecule has 0 radical (unpaired) electrons. The van der Waals surface area contributed by atoms with E-state index in [-0.39, 0.29) is 5.91 Å². The summed E-state index contributed by atoms with van der Waals surface area (Å²) in [5.41, 5.74) is 0.376. The highest BCUT2D eigenvalue weighted by molar-refractivity contribution is 5.99. The fourth-order valence-electron chi connectivity index (χ4n) is 1.91. The summed E-state index contributed by atoms with van der Waals surface area (Å²) in [6.07, 6.45) is 0. The number of rotatable bonds is 5. The molecular weight excluding hydrogens is 258 g/mol. The Balaban J connectivity index is 2.16. The number of hydrogen-bond donors (Lipinski definition) is 1. The van der Waals surface area contributed by atoms with Crippen molar-refractivity contribution in [2.75, 3.05) is 14.2 Å². The van der Waals surface area contributed by atoms with Crippen molar-refractivity contribution in [3.05, 3.63) is 47.4 Å². The summed E-state index contributed by atoms with van der Waals surface area (Å²) in [6, 6.07) is 8.88. The predicted octanol–water partition coefficient (Wildman–Crippen LogP) is 2.54. The molecule has 0 saturated carbocycles. The lowest BCUT2D eigenvalue weighted by atomic mass is 10.1. The van der Waals surface area contributed by atoms with E-state index in [2.05, 4.69) is 5.32 Å². The second-order valence-corrected chi connectivity index (χ2v) is 4.23. The standard InChI is InChI=1S/C15H17NO4/c1-10-7-8-11(20-10)9-16-15(17)14-12(18-2)5-4-6-13(14)19-3/h4-8H,9H2,1-3H3,(H,16,17). The van der Waals surface area contributed by atoms with Crippen LogP contribution in [0.5, 0.6) is 11.5 Å². The molecule has 0 aliphatic rings. The molecule has 5 nitrogen and oxygen atoms in total. The van der Waals surface area contributed by atoms with Gasteiger partial charge in [-0.1, -0.05) is 6.07 Å². The van der Waals surface area contributed by atoms with Crippen LogP contribution in [0.4, 0.5) is 0 Å². The number of carbonyl (C=O) groups is 1. The highest BCUT2D eigenvalue weighted by atomic mass is 16.5. The van der Waals surface area contributed by atoms with Crippen LogP contribution in [0.2, 0.25) is 0 Å². The van der Waals surface area contributed by atoms with Gasteiger partial charge in [-0.05, 0) is 31.2 Å². The maximum absolute atomic E-state index is 12.3. The van der Waals surface area contributed by atoms with Gasteiger partial charge in [0, 0.05) is 0 Å². The molecule has 0 atom stereocenters. The van der Waals surface area contributed by atoms with Crippen LogP contribution < -0.4 is 14.8 Å². The van der Waals surface area contributed by atoms with Crippen LogP contribution in [0.3, 0.4) is 0 Å². The third kappa shape index (κ3) is 2.93. The topological polar surface area (TPSA) is 60.7 Å². The van der Waals surface area contributed by atoms with Crippen LogP contribution in [0.25, 0.3) is 0 Å². The lowest BCUT2D eigenvalue weighted by Crippen LogP contribution is -2.23. The molecule has 0 bridgehead atoms. The molecule has 2 aromatic rings. The Morgan fingerprint density at radius 2 is 1.80 bits per heavy atom. The second kappa shape index (κ2) is 6.14. The number of ether oxygens (including phenoxy) is 2. The largest absolute Gasteiger partial charge is 0.496 e. The van der Waals surface area contributed by atoms with Crippen LogP contribution in [0.15, 0.2) is 34.7 Å². The zero-order valence-corrected chi connectivity index (χ0v) is 11.7. The second-order valence-electron chi connectivity index (χ2n) is 4.23. The Hall–Kier alpha value is -2.43. The van der Waals surface area contributed by atoms with Crippen molar-refractivity contribution in [3.8, 4) is 11.5 Å². The molecule has 1 heterocycles. The maximum atomic E-state index is 12.3. The van der Waals surface area contributed by atoms with Crippen molar-refractivity contribution in [1.29, 1.82) is 0 Å². The molecule has 5 heteroatoms. The molecule has 1 aromatic heterocycles. The molecule has 106 valence electrons. The Kier molecular flexibility index (Phi) is 4.30. The van der Waals surface area contributed by atoms with Gasteiger partial charge in [0.15, 0.2) is 0 Å². The van der Waals surface area contributed by atoms with E-state index < -0.39 is 0 Å². The molecule has 0 spiro atoms. The third-order valence-corrected chi connectivity index (χ3v) is 2.87. The Morgan fingerprint density at radius 1 is 1.15 bits per heavy atom. The van der Waals surface area contributed by atoms with Crippen molar-refractivity contribution in [2.24, 2.45) is 0 Å². The summed E-state index contributed by atoms with van der Waals surface area (Å²) < 4.78 is 15.8. The third-order valence-electron chi connectivity index (χ3n) is 2.87. The summed E-state index contributed by atoms with van der Waals surface area (Å²) in [5.74, 6) is 2.18. The minimum absolute atomic E-state index is 0.270. The van der Waals surface area contributed by atoms with Gasteiger partial charge < -0.3 is 19.2 Å². The first-order chi connectivity index (χ1) is 9.65. The number of benzene rings is 1. The fourth-order valence-corrected chi connectivity index (χ4v) is 1.91. The van der Waals surface area contributed by atoms with Crippen LogP contribution in [-0.2, 0) is 6.54 Å². The van der Waals surface area contributed by atoms with E-state index in [4.69, 9.17) is 13.9 Å². The monoisotopic (exact) mass is 275 g/mol. The van der Waals surface area contributed by atoms with Gasteiger partial charge in [0.05, 0.1) is 20.8 Å². The number of furan rings is 1. The molecule has 2 rings (SSSR count). The van der Waals surface area contributed by atoms with Gasteiger partial charge in [-0.3, -0.25) is 4.79 Å². The molecule has 1 amide bonds. The molecule has 0 unspecified atom stereocenters. The minimum Gasteiger partial charge on any atom is -0.496 e. The molecular formula is C15H17NO4. The number of aryl methyl sites for hydroxylation is 1. The van der Waals surface area contributed by atoms with E-state index in [1.807, 2.05) is 19.1 Å². The molecule has 0 aliphatic heterocycles. The zero-order chi connectivity index (χ0) is 14.5. The molecule has 1 N–H and O–H groups in total. The SMILES string of the molecule is COc1cccc(OC)c1C(=O)NCc1ccc(C)o1. The maximum Gasteiger partial charge on any atom is 0.259 e. The van der Waals surface area contributed by atoms with Crippen LogP contribution in [0.1, 0.15) is 21.9 Å². The molecule has 20 heavy (non-hydrogen) atoms. The van der Waals surface area contributed by atoms with Crippen molar-refractivity contribution in [3.63, 3.8) is 0 Å². The van der Waals surface area contributed by atoms with Gasteiger partial charge >= 0.3 is 0 Å². The molecule has 0 saturated heterocycles. The number of methoxy groups -OCH3 is 2. The summed E-state index contributed by atoms with van der Waals surface area (Å²) in [4.78, 5) is 12.3. The van der Waals surface area contributed by atoms with Crippen molar-refractivity contribution >= 4 is 5.91 Å². The summed E-state index contributed by atoms with van der Waals surface area (Å²) >= 11 is 0. The average molecular weight is 275 g/mol.